The van der Waals surface area contributed by atoms with Crippen LogP contribution in [0.15, 0.2) is 42.5 Å². The lowest BCUT2D eigenvalue weighted by molar-refractivity contribution is 0.475. The van der Waals surface area contributed by atoms with Crippen molar-refractivity contribution in [3.63, 3.8) is 0 Å². The van der Waals surface area contributed by atoms with Crippen LogP contribution < -0.4 is 0 Å². The Bertz CT molecular complexity index is 906. The van der Waals surface area contributed by atoms with E-state index in [9.17, 15) is 13.9 Å². The molecule has 2 nitrogen and oxygen atoms in total. The number of phenols is 1. The second-order valence-electron chi connectivity index (χ2n) is 7.00. The summed E-state index contributed by atoms with van der Waals surface area (Å²) in [5.41, 5.74) is 1.64. The van der Waals surface area contributed by atoms with Gasteiger partial charge in [0, 0.05) is 5.56 Å². The van der Waals surface area contributed by atoms with E-state index in [0.717, 1.165) is 19.3 Å². The number of nitrogens with zero attached hydrogens (tertiary/aromatic N) is 1. The molecule has 3 aromatic rings. The summed E-state index contributed by atoms with van der Waals surface area (Å²) in [4.78, 5) is 3.95. The summed E-state index contributed by atoms with van der Waals surface area (Å²) in [6.07, 6.45) is 7.42. The Morgan fingerprint density at radius 1 is 0.889 bits per heavy atom. The van der Waals surface area contributed by atoms with Crippen LogP contribution in [0.25, 0.3) is 22.0 Å². The summed E-state index contributed by atoms with van der Waals surface area (Å²) in [5.74, 6) is -1.16. The molecule has 0 fully saturated rings. The molecule has 142 valence electrons. The number of hydrogen-bond donors (Lipinski definition) is 1. The van der Waals surface area contributed by atoms with Crippen molar-refractivity contribution in [1.29, 1.82) is 0 Å². The molecule has 0 aliphatic carbocycles. The summed E-state index contributed by atoms with van der Waals surface area (Å²) in [5, 5.41) is 9.84. The van der Waals surface area contributed by atoms with Crippen molar-refractivity contribution in [2.24, 2.45) is 0 Å². The van der Waals surface area contributed by atoms with Crippen LogP contribution in [-0.4, -0.2) is 10.1 Å². The fourth-order valence-electron chi connectivity index (χ4n) is 3.37. The summed E-state index contributed by atoms with van der Waals surface area (Å²) in [7, 11) is 0. The van der Waals surface area contributed by atoms with Crippen LogP contribution in [0.5, 0.6) is 5.75 Å². The van der Waals surface area contributed by atoms with E-state index in [2.05, 4.69) is 11.9 Å². The fourth-order valence-corrected chi connectivity index (χ4v) is 3.37. The number of unbranched alkanes of at least 4 members (excludes halogenated alkanes) is 5. The zero-order valence-electron chi connectivity index (χ0n) is 15.6. The second-order valence-corrected chi connectivity index (χ2v) is 7.00. The molecule has 2 aromatic carbocycles. The van der Waals surface area contributed by atoms with Gasteiger partial charge in [-0.15, -0.1) is 0 Å². The van der Waals surface area contributed by atoms with Crippen molar-refractivity contribution in [3.05, 3.63) is 59.8 Å². The third-order valence-electron chi connectivity index (χ3n) is 4.93. The molecule has 4 heteroatoms. The van der Waals surface area contributed by atoms with Gasteiger partial charge < -0.3 is 5.11 Å². The fraction of sp³-hybridized carbons (Fsp3) is 0.348. The molecule has 27 heavy (non-hydrogen) atoms. The Kier molecular flexibility index (Phi) is 6.38. The number of aromatic nitrogens is 1. The molecule has 0 bridgehead atoms. The molecular weight excluding hydrogens is 344 g/mol. The van der Waals surface area contributed by atoms with E-state index >= 15 is 0 Å². The van der Waals surface area contributed by atoms with Crippen LogP contribution in [0.2, 0.25) is 0 Å². The molecule has 0 radical (unpaired) electrons. The Morgan fingerprint density at radius 2 is 1.59 bits per heavy atom. The molecule has 1 heterocycles. The Morgan fingerprint density at radius 3 is 2.33 bits per heavy atom. The van der Waals surface area contributed by atoms with Gasteiger partial charge in [-0.2, -0.15) is 4.39 Å². The first kappa shape index (κ1) is 19.3. The maximum atomic E-state index is 14.8. The summed E-state index contributed by atoms with van der Waals surface area (Å²) >= 11 is 0. The Labute approximate surface area is 158 Å². The monoisotopic (exact) mass is 369 g/mol. The van der Waals surface area contributed by atoms with Gasteiger partial charge in [-0.25, -0.2) is 9.37 Å². The number of hydrogen-bond acceptors (Lipinski definition) is 2. The highest BCUT2D eigenvalue weighted by Gasteiger charge is 2.15. The first-order valence-electron chi connectivity index (χ1n) is 9.67. The normalized spacial score (nSPS) is 11.2. The SMILES string of the molecule is CCCCCCCCc1ccc2cc(-c3ccc(O)cc3)nc(F)c2c1F. The molecule has 0 atom stereocenters. The predicted molar refractivity (Wildman–Crippen MR) is 106 cm³/mol. The summed E-state index contributed by atoms with van der Waals surface area (Å²) in [6, 6.07) is 11.6. The van der Waals surface area contributed by atoms with Crippen LogP contribution in [0, 0.1) is 11.8 Å². The van der Waals surface area contributed by atoms with Crippen LogP contribution in [-0.2, 0) is 6.42 Å². The largest absolute Gasteiger partial charge is 0.508 e. The lowest BCUT2D eigenvalue weighted by atomic mass is 10.0. The number of rotatable bonds is 8. The molecule has 0 unspecified atom stereocenters. The van der Waals surface area contributed by atoms with Gasteiger partial charge in [-0.1, -0.05) is 51.2 Å². The minimum atomic E-state index is -0.794. The topological polar surface area (TPSA) is 33.1 Å². The molecule has 0 aliphatic rings. The highest BCUT2D eigenvalue weighted by molar-refractivity contribution is 5.87. The highest BCUT2D eigenvalue weighted by Crippen LogP contribution is 2.29. The third kappa shape index (κ3) is 4.62. The average molecular weight is 369 g/mol. The zero-order chi connectivity index (χ0) is 19.2. The first-order valence-corrected chi connectivity index (χ1v) is 9.67. The average Bonchev–Trinajstić information content (AvgIpc) is 2.66. The van der Waals surface area contributed by atoms with E-state index < -0.39 is 11.8 Å². The van der Waals surface area contributed by atoms with E-state index in [1.54, 1.807) is 30.3 Å². The minimum Gasteiger partial charge on any atom is -0.508 e. The number of phenolic OH excluding ortho intramolecular Hbond substituents is 1. The zero-order valence-corrected chi connectivity index (χ0v) is 15.6. The van der Waals surface area contributed by atoms with E-state index in [1.165, 1.54) is 31.4 Å². The van der Waals surface area contributed by atoms with E-state index in [1.807, 2.05) is 0 Å². The van der Waals surface area contributed by atoms with Crippen molar-refractivity contribution in [2.75, 3.05) is 0 Å². The molecule has 0 saturated heterocycles. The number of aryl methyl sites for hydroxylation is 1. The Hall–Kier alpha value is -2.49. The minimum absolute atomic E-state index is 0.0407. The van der Waals surface area contributed by atoms with Crippen molar-refractivity contribution in [3.8, 4) is 17.0 Å². The molecule has 0 spiro atoms. The van der Waals surface area contributed by atoms with Crippen LogP contribution in [0.4, 0.5) is 8.78 Å². The first-order chi connectivity index (χ1) is 13.1. The van der Waals surface area contributed by atoms with Crippen LogP contribution in [0.1, 0.15) is 51.0 Å². The van der Waals surface area contributed by atoms with Gasteiger partial charge in [-0.3, -0.25) is 0 Å². The Balaban J connectivity index is 1.80. The smallest absolute Gasteiger partial charge is 0.224 e. The lowest BCUT2D eigenvalue weighted by Crippen LogP contribution is -1.98. The molecule has 0 aliphatic heterocycles. The van der Waals surface area contributed by atoms with Gasteiger partial charge in [0.1, 0.15) is 11.6 Å². The number of aromatic hydroxyl groups is 1. The number of pyridine rings is 1. The highest BCUT2D eigenvalue weighted by atomic mass is 19.1. The van der Waals surface area contributed by atoms with Crippen LogP contribution in [0.3, 0.4) is 0 Å². The van der Waals surface area contributed by atoms with Gasteiger partial charge in [0.25, 0.3) is 0 Å². The molecule has 1 N–H and O–H groups in total. The van der Waals surface area contributed by atoms with Gasteiger partial charge in [0.15, 0.2) is 0 Å². The molecular formula is C23H25F2NO. The summed E-state index contributed by atoms with van der Waals surface area (Å²) in [6.45, 7) is 2.18. The van der Waals surface area contributed by atoms with Gasteiger partial charge in [0.2, 0.25) is 5.95 Å². The molecule has 1 aromatic heterocycles. The maximum Gasteiger partial charge on any atom is 0.224 e. The quantitative estimate of drug-likeness (QED) is 0.350. The standard InChI is InChI=1S/C23H25F2NO/c1-2-3-4-5-6-7-8-17-9-10-18-15-20(16-11-13-19(27)14-12-16)26-23(25)21(18)22(17)24/h9-15,27H,2-8H2,1H3. The number of halogens is 2. The van der Waals surface area contributed by atoms with Crippen molar-refractivity contribution in [1.82, 2.24) is 4.98 Å². The van der Waals surface area contributed by atoms with E-state index in [4.69, 9.17) is 0 Å². The lowest BCUT2D eigenvalue weighted by Gasteiger charge is -2.09. The van der Waals surface area contributed by atoms with Crippen molar-refractivity contribution in [2.45, 2.75) is 51.9 Å². The number of fused-ring (bicyclic) bond motifs is 1. The summed E-state index contributed by atoms with van der Waals surface area (Å²) < 4.78 is 29.4. The van der Waals surface area contributed by atoms with Gasteiger partial charge in [0.05, 0.1) is 11.1 Å². The number of benzene rings is 2. The van der Waals surface area contributed by atoms with Gasteiger partial charge in [-0.05, 0) is 54.1 Å². The molecule has 0 amide bonds. The molecule has 0 saturated carbocycles. The third-order valence-corrected chi connectivity index (χ3v) is 4.93. The molecule has 3 rings (SSSR count). The van der Waals surface area contributed by atoms with Crippen molar-refractivity contribution < 1.29 is 13.9 Å². The van der Waals surface area contributed by atoms with E-state index in [0.29, 0.717) is 28.6 Å². The van der Waals surface area contributed by atoms with Crippen LogP contribution >= 0.6 is 0 Å². The van der Waals surface area contributed by atoms with E-state index in [-0.39, 0.29) is 11.1 Å². The van der Waals surface area contributed by atoms with Gasteiger partial charge >= 0.3 is 0 Å². The van der Waals surface area contributed by atoms with Crippen molar-refractivity contribution >= 4 is 10.8 Å². The second kappa shape index (κ2) is 8.94. The predicted octanol–water partition coefficient (Wildman–Crippen LogP) is 6.79. The maximum absolute atomic E-state index is 14.8.